The number of nitrogens with one attached hydrogen (secondary N) is 1. The third-order valence-electron chi connectivity index (χ3n) is 0.247. The monoisotopic (exact) mass is 239 g/mol. The van der Waals surface area contributed by atoms with E-state index in [0.717, 1.165) is 0 Å². The Labute approximate surface area is 74.5 Å². The van der Waals surface area contributed by atoms with E-state index in [1.54, 1.807) is 71.1 Å². The predicted octanol–water partition coefficient (Wildman–Crippen LogP) is 4.04. The first kappa shape index (κ1) is 8.51. The minimum Gasteiger partial charge on any atom is -0.187 e. The van der Waals surface area contributed by atoms with Crippen molar-refractivity contribution in [1.82, 2.24) is 4.13 Å². The van der Waals surface area contributed by atoms with Gasteiger partial charge in [-0.15, -0.1) is 0 Å². The highest BCUT2D eigenvalue weighted by Gasteiger charge is 1.99. The molecule has 0 saturated carbocycles. The molecular formula is HNS7. The van der Waals surface area contributed by atoms with Crippen LogP contribution in [0, 0.1) is 0 Å². The average molecular weight is 239 g/mol. The molecule has 0 unspecified atom stereocenters. The molecule has 0 spiro atoms. The molecule has 1 aliphatic rings. The van der Waals surface area contributed by atoms with Gasteiger partial charge in [0.1, 0.15) is 0 Å². The second kappa shape index (κ2) is 6.14. The molecular weight excluding hydrogens is 238 g/mol. The molecule has 1 saturated heterocycles. The highest BCUT2D eigenvalue weighted by Crippen LogP contribution is 2.57. The van der Waals surface area contributed by atoms with Crippen LogP contribution in [0.4, 0.5) is 0 Å². The summed E-state index contributed by atoms with van der Waals surface area (Å²) in [7, 11) is 12.2. The summed E-state index contributed by atoms with van der Waals surface area (Å²) in [5, 5.41) is 0. The van der Waals surface area contributed by atoms with Crippen LogP contribution < -0.4 is 4.13 Å². The molecule has 1 fully saturated rings. The van der Waals surface area contributed by atoms with Crippen molar-refractivity contribution in [1.29, 1.82) is 0 Å². The van der Waals surface area contributed by atoms with Crippen LogP contribution in [0.15, 0.2) is 0 Å². The van der Waals surface area contributed by atoms with E-state index in [1.807, 2.05) is 0 Å². The van der Waals surface area contributed by atoms with Crippen LogP contribution in [0.5, 0.6) is 0 Å². The minimum atomic E-state index is 1.67. The smallest absolute Gasteiger partial charge is 0.0127 e. The lowest BCUT2D eigenvalue weighted by Gasteiger charge is -2.02. The summed E-state index contributed by atoms with van der Waals surface area (Å²) in [6.45, 7) is 0. The van der Waals surface area contributed by atoms with Gasteiger partial charge in [-0.2, -0.15) is 4.13 Å². The van der Waals surface area contributed by atoms with Crippen molar-refractivity contribution < 1.29 is 0 Å². The molecule has 8 heteroatoms. The Morgan fingerprint density at radius 3 is 1.75 bits per heavy atom. The molecule has 0 aromatic carbocycles. The third kappa shape index (κ3) is 4.26. The fraction of sp³-hybridized carbons (Fsp3) is 0. The lowest BCUT2D eigenvalue weighted by atomic mass is 13.9. The van der Waals surface area contributed by atoms with Crippen LogP contribution in [-0.4, -0.2) is 0 Å². The Kier molecular flexibility index (Phi) is 6.53. The lowest BCUT2D eigenvalue weighted by Crippen LogP contribution is -1.78. The number of rotatable bonds is 0. The second-order valence-corrected chi connectivity index (χ2v) is 11.4. The van der Waals surface area contributed by atoms with Crippen LogP contribution in [0.3, 0.4) is 0 Å². The van der Waals surface area contributed by atoms with E-state index >= 15 is 0 Å². The van der Waals surface area contributed by atoms with Gasteiger partial charge in [0.15, 0.2) is 0 Å². The van der Waals surface area contributed by atoms with Crippen molar-refractivity contribution in [2.45, 2.75) is 0 Å². The third-order valence-corrected chi connectivity index (χ3v) is 12.7. The first-order valence-electron chi connectivity index (χ1n) is 1.41. The van der Waals surface area contributed by atoms with Gasteiger partial charge < -0.3 is 0 Å². The molecule has 48 valence electrons. The maximum atomic E-state index is 3.09. The Hall–Kier alpha value is 2.41. The number of hydrogen-bond donors (Lipinski definition) is 1. The molecule has 1 heterocycles. The summed E-state index contributed by atoms with van der Waals surface area (Å²) in [6, 6.07) is 0. The minimum absolute atomic E-state index is 1.67. The molecule has 0 aromatic heterocycles. The van der Waals surface area contributed by atoms with Crippen molar-refractivity contribution in [2.75, 3.05) is 0 Å². The van der Waals surface area contributed by atoms with Gasteiger partial charge in [-0.25, -0.2) is 0 Å². The maximum Gasteiger partial charge on any atom is 0.0127 e. The van der Waals surface area contributed by atoms with Crippen molar-refractivity contribution in [3.8, 4) is 0 Å². The molecule has 0 atom stereocenters. The van der Waals surface area contributed by atoms with Crippen LogP contribution >= 0.6 is 71.1 Å². The molecule has 8 heavy (non-hydrogen) atoms. The molecule has 0 radical (unpaired) electrons. The maximum absolute atomic E-state index is 3.09. The van der Waals surface area contributed by atoms with Crippen molar-refractivity contribution >= 4 is 71.1 Å². The van der Waals surface area contributed by atoms with E-state index in [1.165, 1.54) is 0 Å². The van der Waals surface area contributed by atoms with Gasteiger partial charge in [0, 0.05) is 71.1 Å². The summed E-state index contributed by atoms with van der Waals surface area (Å²) in [4.78, 5) is 0. The number of hydrogen-bond acceptors (Lipinski definition) is 8. The van der Waals surface area contributed by atoms with Gasteiger partial charge in [0.2, 0.25) is 0 Å². The van der Waals surface area contributed by atoms with Gasteiger partial charge in [-0.05, 0) is 0 Å². The van der Waals surface area contributed by atoms with Crippen LogP contribution in [0.2, 0.25) is 0 Å². The average Bonchev–Trinajstić information content (AvgIpc) is 1.62. The van der Waals surface area contributed by atoms with E-state index in [9.17, 15) is 0 Å². The van der Waals surface area contributed by atoms with Crippen LogP contribution in [0.1, 0.15) is 0 Å². The zero-order valence-corrected chi connectivity index (χ0v) is 9.07. The summed E-state index contributed by atoms with van der Waals surface area (Å²) < 4.78 is 3.09. The van der Waals surface area contributed by atoms with E-state index in [2.05, 4.69) is 4.13 Å². The summed E-state index contributed by atoms with van der Waals surface area (Å²) in [5.74, 6) is 0. The van der Waals surface area contributed by atoms with Crippen molar-refractivity contribution in [3.05, 3.63) is 0 Å². The van der Waals surface area contributed by atoms with Crippen LogP contribution in [0.25, 0.3) is 0 Å². The summed E-state index contributed by atoms with van der Waals surface area (Å²) in [5.41, 5.74) is 0. The summed E-state index contributed by atoms with van der Waals surface area (Å²) >= 11 is 0. The van der Waals surface area contributed by atoms with Gasteiger partial charge in [0.05, 0.1) is 0 Å². The van der Waals surface area contributed by atoms with Gasteiger partial charge >= 0.3 is 0 Å². The topological polar surface area (TPSA) is 12.0 Å². The highest BCUT2D eigenvalue weighted by atomic mass is 33.9. The van der Waals surface area contributed by atoms with Gasteiger partial charge in [0.25, 0.3) is 0 Å². The molecule has 1 N–H and O–H groups in total. The molecule has 1 nitrogen and oxygen atoms in total. The first-order chi connectivity index (χ1) is 4.00. The lowest BCUT2D eigenvalue weighted by molar-refractivity contribution is 1.82. The van der Waals surface area contributed by atoms with Crippen molar-refractivity contribution in [2.24, 2.45) is 0 Å². The molecule has 1 aliphatic heterocycles. The van der Waals surface area contributed by atoms with E-state index in [4.69, 9.17) is 0 Å². The first-order valence-corrected chi connectivity index (χ1v) is 10.2. The quantitative estimate of drug-likeness (QED) is 0.496. The molecule has 0 aliphatic carbocycles. The molecule has 1 rings (SSSR count). The fourth-order valence-corrected chi connectivity index (χ4v) is 13.9. The Morgan fingerprint density at radius 2 is 1.12 bits per heavy atom. The Bertz CT molecular complexity index is 28.3. The zero-order valence-electron chi connectivity index (χ0n) is 3.36. The second-order valence-electron chi connectivity index (χ2n) is 0.590. The molecule has 0 aromatic rings. The molecule has 0 bridgehead atoms. The van der Waals surface area contributed by atoms with E-state index in [0.29, 0.717) is 0 Å². The SMILES string of the molecule is N1SSSSSSS1. The molecule has 0 amide bonds. The largest absolute Gasteiger partial charge is 0.187 e. The van der Waals surface area contributed by atoms with Crippen molar-refractivity contribution in [3.63, 3.8) is 0 Å². The van der Waals surface area contributed by atoms with E-state index < -0.39 is 0 Å². The van der Waals surface area contributed by atoms with Crippen LogP contribution in [-0.2, 0) is 0 Å². The standard InChI is InChI=1S/HNS7/c1-2-4-6-8-7-5-3-1/h1H. The highest BCUT2D eigenvalue weighted by molar-refractivity contribution is 9.47. The Morgan fingerprint density at radius 1 is 0.625 bits per heavy atom. The summed E-state index contributed by atoms with van der Waals surface area (Å²) in [6.07, 6.45) is 0. The van der Waals surface area contributed by atoms with E-state index in [-0.39, 0.29) is 0 Å². The predicted molar refractivity (Wildman–Crippen MR) is 56.3 cm³/mol. The van der Waals surface area contributed by atoms with Gasteiger partial charge in [-0.3, -0.25) is 0 Å². The van der Waals surface area contributed by atoms with Gasteiger partial charge in [-0.1, -0.05) is 0 Å². The zero-order chi connectivity index (χ0) is 5.66. The normalized spacial score (nSPS) is 24.0. The Balaban J connectivity index is 2.00. The fourth-order valence-electron chi connectivity index (χ4n) is 0.103.